The Bertz CT molecular complexity index is 761. The lowest BCUT2D eigenvalue weighted by Crippen LogP contribution is -2.32. The topological polar surface area (TPSA) is 49.4 Å². The van der Waals surface area contributed by atoms with E-state index in [0.29, 0.717) is 15.7 Å². The lowest BCUT2D eigenvalue weighted by atomic mass is 10.1. The van der Waals surface area contributed by atoms with Crippen LogP contribution in [0, 0.1) is 0 Å². The Hall–Kier alpha value is -2.04. The Balaban J connectivity index is 2.00. The van der Waals surface area contributed by atoms with Crippen molar-refractivity contribution in [2.75, 3.05) is 16.8 Å². The smallest absolute Gasteiger partial charge is 0.226 e. The highest BCUT2D eigenvalue weighted by Crippen LogP contribution is 2.25. The highest BCUT2D eigenvalue weighted by molar-refractivity contribution is 6.36. The molecule has 0 spiro atoms. The molecule has 0 saturated carbocycles. The highest BCUT2D eigenvalue weighted by Gasteiger charge is 2.14. The third kappa shape index (κ3) is 5.48. The molecule has 0 atom stereocenters. The van der Waals surface area contributed by atoms with E-state index in [1.807, 2.05) is 24.3 Å². The van der Waals surface area contributed by atoms with Crippen LogP contribution in [0.4, 0.5) is 11.4 Å². The fourth-order valence-electron chi connectivity index (χ4n) is 2.40. The van der Waals surface area contributed by atoms with E-state index < -0.39 is 0 Å². The Labute approximate surface area is 157 Å². The first kappa shape index (κ1) is 19.3. The number of nitrogens with zero attached hydrogens (tertiary/aromatic N) is 1. The SMILES string of the molecule is CCc1ccc(N(CCC(=O)Nc2ccc(Cl)cc2Cl)C(C)=O)cc1. The van der Waals surface area contributed by atoms with Crippen molar-refractivity contribution in [3.8, 4) is 0 Å². The summed E-state index contributed by atoms with van der Waals surface area (Å²) in [5.41, 5.74) is 2.47. The molecule has 0 fully saturated rings. The first-order chi connectivity index (χ1) is 11.9. The molecule has 0 aliphatic heterocycles. The summed E-state index contributed by atoms with van der Waals surface area (Å²) in [6, 6.07) is 12.6. The lowest BCUT2D eigenvalue weighted by Gasteiger charge is -2.21. The maximum absolute atomic E-state index is 12.2. The van der Waals surface area contributed by atoms with Crippen LogP contribution in [0.3, 0.4) is 0 Å². The van der Waals surface area contributed by atoms with Crippen molar-refractivity contribution >= 4 is 46.4 Å². The number of benzene rings is 2. The second-order valence-corrected chi connectivity index (χ2v) is 6.46. The van der Waals surface area contributed by atoms with E-state index >= 15 is 0 Å². The largest absolute Gasteiger partial charge is 0.325 e. The average molecular weight is 379 g/mol. The van der Waals surface area contributed by atoms with Crippen LogP contribution in [-0.4, -0.2) is 18.4 Å². The number of aryl methyl sites for hydroxylation is 1. The number of rotatable bonds is 6. The fourth-order valence-corrected chi connectivity index (χ4v) is 2.85. The summed E-state index contributed by atoms with van der Waals surface area (Å²) in [5, 5.41) is 3.61. The van der Waals surface area contributed by atoms with Crippen LogP contribution in [0.1, 0.15) is 25.8 Å². The number of amides is 2. The van der Waals surface area contributed by atoms with Gasteiger partial charge in [-0.3, -0.25) is 9.59 Å². The van der Waals surface area contributed by atoms with Gasteiger partial charge >= 0.3 is 0 Å². The van der Waals surface area contributed by atoms with Gasteiger partial charge in [-0.15, -0.1) is 0 Å². The Morgan fingerprint density at radius 3 is 2.32 bits per heavy atom. The molecule has 0 bridgehead atoms. The molecule has 2 aromatic carbocycles. The summed E-state index contributed by atoms with van der Waals surface area (Å²) >= 11 is 11.9. The molecule has 2 aromatic rings. The first-order valence-electron chi connectivity index (χ1n) is 8.02. The summed E-state index contributed by atoms with van der Waals surface area (Å²) < 4.78 is 0. The van der Waals surface area contributed by atoms with Gasteiger partial charge in [0.1, 0.15) is 0 Å². The molecule has 4 nitrogen and oxygen atoms in total. The molecule has 0 radical (unpaired) electrons. The minimum atomic E-state index is -0.222. The zero-order chi connectivity index (χ0) is 18.4. The summed E-state index contributed by atoms with van der Waals surface area (Å²) in [7, 11) is 0. The number of nitrogens with one attached hydrogen (secondary N) is 1. The van der Waals surface area contributed by atoms with Crippen LogP contribution >= 0.6 is 23.2 Å². The second-order valence-electron chi connectivity index (χ2n) is 5.61. The molecule has 0 aromatic heterocycles. The van der Waals surface area contributed by atoms with Gasteiger partial charge in [0, 0.05) is 30.6 Å². The van der Waals surface area contributed by atoms with Crippen molar-refractivity contribution in [3.63, 3.8) is 0 Å². The molecular weight excluding hydrogens is 359 g/mol. The molecule has 132 valence electrons. The lowest BCUT2D eigenvalue weighted by molar-refractivity contribution is -0.117. The third-order valence-electron chi connectivity index (χ3n) is 3.80. The molecule has 0 aliphatic carbocycles. The second kappa shape index (κ2) is 8.88. The minimum absolute atomic E-state index is 0.110. The third-order valence-corrected chi connectivity index (χ3v) is 4.35. The van der Waals surface area contributed by atoms with Crippen LogP contribution in [0.5, 0.6) is 0 Å². The number of hydrogen-bond donors (Lipinski definition) is 1. The van der Waals surface area contributed by atoms with Crippen molar-refractivity contribution in [1.29, 1.82) is 0 Å². The number of anilines is 2. The van der Waals surface area contributed by atoms with Crippen LogP contribution in [0.25, 0.3) is 0 Å². The van der Waals surface area contributed by atoms with Gasteiger partial charge in [-0.05, 0) is 42.3 Å². The van der Waals surface area contributed by atoms with E-state index in [1.54, 1.807) is 23.1 Å². The van der Waals surface area contributed by atoms with Crippen molar-refractivity contribution < 1.29 is 9.59 Å². The Morgan fingerprint density at radius 2 is 1.76 bits per heavy atom. The molecule has 2 rings (SSSR count). The van der Waals surface area contributed by atoms with Gasteiger partial charge in [0.25, 0.3) is 0 Å². The summed E-state index contributed by atoms with van der Waals surface area (Å²) in [4.78, 5) is 25.7. The number of carbonyl (C=O) groups excluding carboxylic acids is 2. The van der Waals surface area contributed by atoms with E-state index in [1.165, 1.54) is 12.5 Å². The van der Waals surface area contributed by atoms with Gasteiger partial charge in [-0.2, -0.15) is 0 Å². The van der Waals surface area contributed by atoms with Gasteiger partial charge in [-0.1, -0.05) is 42.3 Å². The number of carbonyl (C=O) groups is 2. The van der Waals surface area contributed by atoms with Crippen molar-refractivity contribution in [2.24, 2.45) is 0 Å². The average Bonchev–Trinajstić information content (AvgIpc) is 2.58. The molecule has 0 unspecified atom stereocenters. The van der Waals surface area contributed by atoms with Gasteiger partial charge in [-0.25, -0.2) is 0 Å². The maximum Gasteiger partial charge on any atom is 0.226 e. The van der Waals surface area contributed by atoms with Crippen molar-refractivity contribution in [2.45, 2.75) is 26.7 Å². The van der Waals surface area contributed by atoms with E-state index in [9.17, 15) is 9.59 Å². The van der Waals surface area contributed by atoms with Gasteiger partial charge in [0.2, 0.25) is 11.8 Å². The van der Waals surface area contributed by atoms with E-state index in [-0.39, 0.29) is 24.8 Å². The molecule has 1 N–H and O–H groups in total. The van der Waals surface area contributed by atoms with Crippen LogP contribution in [0.2, 0.25) is 10.0 Å². The standard InChI is InChI=1S/C19H20Cl2N2O2/c1-3-14-4-7-16(8-5-14)23(13(2)24)11-10-19(25)22-18-9-6-15(20)12-17(18)21/h4-9,12H,3,10-11H2,1-2H3,(H,22,25). The van der Waals surface area contributed by atoms with E-state index in [0.717, 1.165) is 12.1 Å². The summed E-state index contributed by atoms with van der Waals surface area (Å²) in [5.74, 6) is -0.331. The Kier molecular flexibility index (Phi) is 6.85. The van der Waals surface area contributed by atoms with Crippen molar-refractivity contribution in [3.05, 3.63) is 58.1 Å². The van der Waals surface area contributed by atoms with Gasteiger partial charge in [0.05, 0.1) is 10.7 Å². The zero-order valence-corrected chi connectivity index (χ0v) is 15.7. The molecule has 0 aliphatic rings. The predicted molar refractivity (Wildman–Crippen MR) is 104 cm³/mol. The molecular formula is C19H20Cl2N2O2. The quantitative estimate of drug-likeness (QED) is 0.773. The summed E-state index contributed by atoms with van der Waals surface area (Å²) in [6.45, 7) is 3.85. The first-order valence-corrected chi connectivity index (χ1v) is 8.78. The molecule has 25 heavy (non-hydrogen) atoms. The number of halogens is 2. The van der Waals surface area contributed by atoms with Crippen LogP contribution in [-0.2, 0) is 16.0 Å². The van der Waals surface area contributed by atoms with Crippen LogP contribution < -0.4 is 10.2 Å². The van der Waals surface area contributed by atoms with E-state index in [4.69, 9.17) is 23.2 Å². The van der Waals surface area contributed by atoms with E-state index in [2.05, 4.69) is 12.2 Å². The maximum atomic E-state index is 12.2. The van der Waals surface area contributed by atoms with Crippen molar-refractivity contribution in [1.82, 2.24) is 0 Å². The predicted octanol–water partition coefficient (Wildman–Crippen LogP) is 4.94. The van der Waals surface area contributed by atoms with Gasteiger partial charge < -0.3 is 10.2 Å². The monoisotopic (exact) mass is 378 g/mol. The van der Waals surface area contributed by atoms with Gasteiger partial charge in [0.15, 0.2) is 0 Å². The molecule has 2 amide bonds. The molecule has 0 saturated heterocycles. The molecule has 6 heteroatoms. The van der Waals surface area contributed by atoms with Crippen LogP contribution in [0.15, 0.2) is 42.5 Å². The Morgan fingerprint density at radius 1 is 1.08 bits per heavy atom. The summed E-state index contributed by atoms with van der Waals surface area (Å²) in [6.07, 6.45) is 1.10. The number of hydrogen-bond acceptors (Lipinski definition) is 2. The normalized spacial score (nSPS) is 10.4. The fraction of sp³-hybridized carbons (Fsp3) is 0.263. The zero-order valence-electron chi connectivity index (χ0n) is 14.2. The molecule has 0 heterocycles. The highest BCUT2D eigenvalue weighted by atomic mass is 35.5. The minimum Gasteiger partial charge on any atom is -0.325 e.